The predicted octanol–water partition coefficient (Wildman–Crippen LogP) is 5.46. The maximum Gasteiger partial charge on any atom is 0.422 e. The van der Waals surface area contributed by atoms with Gasteiger partial charge in [0.25, 0.3) is 21.6 Å². The van der Waals surface area contributed by atoms with Crippen LogP contribution in [0, 0.1) is 10.1 Å². The Morgan fingerprint density at radius 1 is 0.935 bits per heavy atom. The van der Waals surface area contributed by atoms with E-state index in [9.17, 15) is 53.9 Å². The summed E-state index contributed by atoms with van der Waals surface area (Å²) in [6.45, 7) is -0.441. The number of hydrogen-bond acceptors (Lipinski definition) is 14. The van der Waals surface area contributed by atoms with Crippen molar-refractivity contribution in [3.63, 3.8) is 0 Å². The second-order valence-electron chi connectivity index (χ2n) is 13.3. The van der Waals surface area contributed by atoms with Crippen LogP contribution in [0.15, 0.2) is 100 Å². The zero-order valence-electron chi connectivity index (χ0n) is 32.9. The van der Waals surface area contributed by atoms with E-state index >= 15 is 0 Å². The van der Waals surface area contributed by atoms with Crippen LogP contribution in [0.1, 0.15) is 43.9 Å². The lowest BCUT2D eigenvalue weighted by Crippen LogP contribution is -2.29. The fourth-order valence-corrected chi connectivity index (χ4v) is 10.0. The minimum absolute atomic E-state index is 0.00835. The molecule has 332 valence electrons. The third-order valence-electron chi connectivity index (χ3n) is 8.92. The Labute approximate surface area is 356 Å². The number of nitrogens with one attached hydrogen (secondary N) is 1. The van der Waals surface area contributed by atoms with Gasteiger partial charge in [0, 0.05) is 36.9 Å². The van der Waals surface area contributed by atoms with E-state index in [-0.39, 0.29) is 79.6 Å². The lowest BCUT2D eigenvalue weighted by Gasteiger charge is -2.15. The normalized spacial score (nSPS) is 12.5. The Morgan fingerprint density at radius 2 is 1.68 bits per heavy atom. The zero-order valence-corrected chi connectivity index (χ0v) is 35.4. The lowest BCUT2D eigenvalue weighted by molar-refractivity contribution is -0.385. The summed E-state index contributed by atoms with van der Waals surface area (Å²) in [6.07, 6.45) is -1.74. The molecule has 1 unspecified atom stereocenters. The van der Waals surface area contributed by atoms with Crippen molar-refractivity contribution in [2.45, 2.75) is 65.9 Å². The molecule has 0 radical (unpaired) electrons. The van der Waals surface area contributed by atoms with E-state index in [0.717, 1.165) is 16.1 Å². The summed E-state index contributed by atoms with van der Waals surface area (Å²) in [5, 5.41) is 13.3. The predicted molar refractivity (Wildman–Crippen MR) is 217 cm³/mol. The summed E-state index contributed by atoms with van der Waals surface area (Å²) in [4.78, 5) is 42.7. The number of unbranched alkanes of at least 4 members (excludes halogenated alkanes) is 2. The number of nitro groups is 1. The Balaban J connectivity index is 1.09. The van der Waals surface area contributed by atoms with Gasteiger partial charge in [0.05, 0.1) is 53.7 Å². The number of fused-ring (bicyclic) bond motifs is 1. The van der Waals surface area contributed by atoms with Crippen LogP contribution in [0.2, 0.25) is 0 Å². The van der Waals surface area contributed by atoms with Crippen molar-refractivity contribution in [2.24, 2.45) is 0 Å². The molecule has 1 amide bonds. The maximum absolute atomic E-state index is 14.1. The van der Waals surface area contributed by atoms with Gasteiger partial charge in [-0.2, -0.15) is 13.2 Å². The number of non-ortho nitro benzene ring substituents is 1. The quantitative estimate of drug-likeness (QED) is 0.0393. The summed E-state index contributed by atoms with van der Waals surface area (Å²) in [5.74, 6) is -1.92. The number of aromatic nitrogens is 3. The first-order chi connectivity index (χ1) is 29.4. The van der Waals surface area contributed by atoms with Crippen molar-refractivity contribution in [1.29, 1.82) is 0 Å². The van der Waals surface area contributed by atoms with Crippen LogP contribution in [0.4, 0.5) is 18.9 Å². The number of para-hydroxylation sites is 2. The number of carbonyl (C=O) groups excluding carboxylic acids is 2. The largest absolute Gasteiger partial charge is 0.484 e. The van der Waals surface area contributed by atoms with Crippen LogP contribution in [-0.2, 0) is 57.2 Å². The van der Waals surface area contributed by atoms with E-state index in [2.05, 4.69) is 15.3 Å². The van der Waals surface area contributed by atoms with Crippen molar-refractivity contribution in [3.8, 4) is 11.5 Å². The zero-order chi connectivity index (χ0) is 45.1. The summed E-state index contributed by atoms with van der Waals surface area (Å²) in [7, 11) is -10.5. The monoisotopic (exact) mass is 923 g/mol. The topological polar surface area (TPSA) is 233 Å². The number of carbonyl (C=O) groups is 2. The maximum atomic E-state index is 14.1. The molecular formula is C39H40F3N5O12S3. The number of ether oxygens (including phenoxy) is 3. The van der Waals surface area contributed by atoms with Crippen molar-refractivity contribution in [3.05, 3.63) is 106 Å². The summed E-state index contributed by atoms with van der Waals surface area (Å²) >= 11 is 0. The van der Waals surface area contributed by atoms with E-state index in [1.807, 2.05) is 0 Å². The number of rotatable bonds is 22. The van der Waals surface area contributed by atoms with E-state index in [4.69, 9.17) is 14.2 Å². The number of benzene rings is 3. The molecule has 2 aromatic heterocycles. The van der Waals surface area contributed by atoms with Crippen LogP contribution < -0.4 is 14.8 Å². The molecule has 0 bridgehead atoms. The van der Waals surface area contributed by atoms with Gasteiger partial charge >= 0.3 is 12.1 Å². The number of pyridine rings is 1. The molecule has 0 spiro atoms. The fraction of sp³-hybridized carbons (Fsp3) is 0.333. The molecule has 1 N–H and O–H groups in total. The highest BCUT2D eigenvalue weighted by Gasteiger charge is 2.31. The number of esters is 1. The molecule has 0 fully saturated rings. The summed E-state index contributed by atoms with van der Waals surface area (Å²) in [6, 6.07) is 17.2. The van der Waals surface area contributed by atoms with Crippen LogP contribution in [-0.4, -0.2) is 90.1 Å². The first-order valence-corrected chi connectivity index (χ1v) is 23.2. The van der Waals surface area contributed by atoms with Gasteiger partial charge in [-0.3, -0.25) is 28.9 Å². The Bertz CT molecular complexity index is 2660. The van der Waals surface area contributed by atoms with Crippen molar-refractivity contribution in [1.82, 2.24) is 19.3 Å². The summed E-state index contributed by atoms with van der Waals surface area (Å²) < 4.78 is 122. The molecule has 0 aliphatic rings. The van der Waals surface area contributed by atoms with Crippen LogP contribution in [0.3, 0.4) is 0 Å². The molecular weight excluding hydrogens is 884 g/mol. The molecule has 0 saturated heterocycles. The van der Waals surface area contributed by atoms with Gasteiger partial charge in [-0.15, -0.1) is 0 Å². The van der Waals surface area contributed by atoms with Crippen LogP contribution >= 0.6 is 0 Å². The molecule has 3 aromatic carbocycles. The molecule has 5 rings (SSSR count). The average Bonchev–Trinajstić information content (AvgIpc) is 3.64. The number of nitro benzene ring substituents is 1. The average molecular weight is 924 g/mol. The third kappa shape index (κ3) is 12.6. The van der Waals surface area contributed by atoms with Crippen molar-refractivity contribution in [2.75, 3.05) is 32.1 Å². The fourth-order valence-electron chi connectivity index (χ4n) is 5.92. The molecule has 0 saturated carbocycles. The van der Waals surface area contributed by atoms with Gasteiger partial charge in [0.15, 0.2) is 23.1 Å². The van der Waals surface area contributed by atoms with Gasteiger partial charge < -0.3 is 19.5 Å². The molecule has 23 heteroatoms. The van der Waals surface area contributed by atoms with Gasteiger partial charge in [0.1, 0.15) is 18.1 Å². The first-order valence-electron chi connectivity index (χ1n) is 18.8. The third-order valence-corrected chi connectivity index (χ3v) is 13.7. The Hall–Kier alpha value is -5.94. The highest BCUT2D eigenvalue weighted by molar-refractivity contribution is 7.91. The van der Waals surface area contributed by atoms with Gasteiger partial charge in [-0.05, 0) is 67.8 Å². The van der Waals surface area contributed by atoms with Crippen LogP contribution in [0.25, 0.3) is 11.0 Å². The molecule has 62 heavy (non-hydrogen) atoms. The lowest BCUT2D eigenvalue weighted by atomic mass is 10.1. The molecule has 2 heterocycles. The van der Waals surface area contributed by atoms with E-state index in [0.29, 0.717) is 19.3 Å². The molecule has 0 aliphatic heterocycles. The molecule has 0 aliphatic carbocycles. The van der Waals surface area contributed by atoms with Crippen LogP contribution in [0.5, 0.6) is 11.5 Å². The highest BCUT2D eigenvalue weighted by Crippen LogP contribution is 2.30. The highest BCUT2D eigenvalue weighted by atomic mass is 32.2. The SMILES string of the molecule is CCc1c(OCC(F)(F)F)ccnc1CS(=O)c1nc2ccccc2n1S(=O)(=O)c1ccc(OCC(=O)NCCCCCC(=O)OCCS(=O)(=O)c2cccc([N+](=O)[O-])c2)cc1. The van der Waals surface area contributed by atoms with E-state index < -0.39 is 79.2 Å². The van der Waals surface area contributed by atoms with Crippen molar-refractivity contribution >= 4 is 59.3 Å². The minimum Gasteiger partial charge on any atom is -0.484 e. The van der Waals surface area contributed by atoms with E-state index in [1.165, 1.54) is 60.8 Å². The second-order valence-corrected chi connectivity index (χ2v) is 18.6. The number of nitrogens with zero attached hydrogens (tertiary/aromatic N) is 4. The van der Waals surface area contributed by atoms with E-state index in [1.54, 1.807) is 19.1 Å². The van der Waals surface area contributed by atoms with Crippen molar-refractivity contribution < 1.29 is 62.9 Å². The number of sulfone groups is 1. The number of amides is 1. The molecule has 5 aromatic rings. The van der Waals surface area contributed by atoms with Gasteiger partial charge in [-0.25, -0.2) is 25.8 Å². The number of imidazole rings is 1. The Morgan fingerprint density at radius 3 is 2.39 bits per heavy atom. The second kappa shape index (κ2) is 20.8. The first kappa shape index (κ1) is 47.1. The number of halogens is 3. The summed E-state index contributed by atoms with van der Waals surface area (Å²) in [5.41, 5.74) is 0.411. The Kier molecular flexibility index (Phi) is 15.8. The van der Waals surface area contributed by atoms with Gasteiger partial charge in [0.2, 0.25) is 5.16 Å². The molecule has 1 atom stereocenters. The number of hydrogen-bond donors (Lipinski definition) is 1. The smallest absolute Gasteiger partial charge is 0.422 e. The standard InChI is InChI=1S/C39H40F3N5O12S3/c1-2-31-33(43-20-18-35(31)59-26-39(40,41)42)25-60(52)38-45-32-11-5-6-12-34(32)46(38)62(55,56)29-16-14-28(15-17-29)58-24-36(48)44-19-7-3-4-13-37(49)57-21-22-61(53,54)30-10-8-9-27(23-30)47(50)51/h5-6,8-12,14-18,20,23H,2-4,7,13,19,21-22,24-26H2,1H3,(H,44,48). The number of alkyl halides is 3. The van der Waals surface area contributed by atoms with Gasteiger partial charge in [-0.1, -0.05) is 31.5 Å². The molecule has 17 nitrogen and oxygen atoms in total. The minimum atomic E-state index is -4.59.